The molecule has 3 rings (SSSR count). The molecule has 0 unspecified atom stereocenters. The van der Waals surface area contributed by atoms with Gasteiger partial charge in [0.2, 0.25) is 0 Å². The summed E-state index contributed by atoms with van der Waals surface area (Å²) in [6.45, 7) is 1.93. The normalized spacial score (nSPS) is 10.9. The third kappa shape index (κ3) is 2.04. The van der Waals surface area contributed by atoms with Gasteiger partial charge < -0.3 is 10.2 Å². The van der Waals surface area contributed by atoms with Crippen molar-refractivity contribution in [2.45, 2.75) is 17.2 Å². The van der Waals surface area contributed by atoms with Crippen molar-refractivity contribution in [2.24, 2.45) is 0 Å². The van der Waals surface area contributed by atoms with Gasteiger partial charge in [0.25, 0.3) is 5.22 Å². The largest absolute Gasteiger partial charge is 0.431 e. The number of benzene rings is 1. The Balaban J connectivity index is 1.93. The molecule has 0 aliphatic rings. The number of pyridine rings is 1. The smallest absolute Gasteiger partial charge is 0.263 e. The number of oxazole rings is 1. The van der Waals surface area contributed by atoms with Crippen molar-refractivity contribution in [2.75, 3.05) is 5.73 Å². The fourth-order valence-corrected chi connectivity index (χ4v) is 2.30. The van der Waals surface area contributed by atoms with E-state index in [9.17, 15) is 0 Å². The van der Waals surface area contributed by atoms with Crippen LogP contribution in [0.25, 0.3) is 11.1 Å². The minimum atomic E-state index is 0.576. The number of aromatic nitrogens is 2. The van der Waals surface area contributed by atoms with Gasteiger partial charge in [-0.1, -0.05) is 12.1 Å². The molecule has 0 aliphatic carbocycles. The summed E-state index contributed by atoms with van der Waals surface area (Å²) in [6.07, 6.45) is 1.75. The Morgan fingerprint density at radius 1 is 1.28 bits per heavy atom. The van der Waals surface area contributed by atoms with E-state index in [0.717, 1.165) is 27.4 Å². The van der Waals surface area contributed by atoms with E-state index in [4.69, 9.17) is 10.2 Å². The molecule has 0 atom stereocenters. The molecule has 4 nitrogen and oxygen atoms in total. The summed E-state index contributed by atoms with van der Waals surface area (Å²) in [5.41, 5.74) is 9.17. The number of fused-ring (bicyclic) bond motifs is 1. The summed E-state index contributed by atoms with van der Waals surface area (Å²) in [5, 5.41) is 1.36. The van der Waals surface area contributed by atoms with E-state index in [2.05, 4.69) is 9.97 Å². The van der Waals surface area contributed by atoms with Crippen molar-refractivity contribution in [1.29, 1.82) is 0 Å². The fourth-order valence-electron chi connectivity index (χ4n) is 1.56. The Morgan fingerprint density at radius 3 is 2.89 bits per heavy atom. The highest BCUT2D eigenvalue weighted by molar-refractivity contribution is 7.99. The van der Waals surface area contributed by atoms with Crippen LogP contribution in [0.1, 0.15) is 5.56 Å². The van der Waals surface area contributed by atoms with Crippen molar-refractivity contribution in [3.05, 3.63) is 42.1 Å². The average Bonchev–Trinajstić information content (AvgIpc) is 2.76. The number of nitrogen functional groups attached to an aromatic ring is 1. The fraction of sp³-hybridized carbons (Fsp3) is 0.0769. The maximum Gasteiger partial charge on any atom is 0.263 e. The first kappa shape index (κ1) is 11.1. The number of hydrogen-bond donors (Lipinski definition) is 1. The van der Waals surface area contributed by atoms with Crippen LogP contribution in [0.2, 0.25) is 0 Å². The molecule has 1 aromatic carbocycles. The maximum atomic E-state index is 5.85. The number of hydrogen-bond acceptors (Lipinski definition) is 5. The van der Waals surface area contributed by atoms with Gasteiger partial charge in [0, 0.05) is 11.9 Å². The van der Waals surface area contributed by atoms with Crippen molar-refractivity contribution >= 4 is 28.5 Å². The molecule has 0 radical (unpaired) electrons. The Labute approximate surface area is 108 Å². The van der Waals surface area contributed by atoms with Crippen LogP contribution in [-0.2, 0) is 0 Å². The molecular weight excluding hydrogens is 246 g/mol. The van der Waals surface area contributed by atoms with E-state index in [0.29, 0.717) is 5.22 Å². The SMILES string of the molecule is Cc1cnc(Sc2nc3ccccc3o2)cc1N. The number of para-hydroxylation sites is 2. The van der Waals surface area contributed by atoms with Crippen molar-refractivity contribution in [3.63, 3.8) is 0 Å². The van der Waals surface area contributed by atoms with Crippen LogP contribution in [0.4, 0.5) is 5.69 Å². The number of anilines is 1. The topological polar surface area (TPSA) is 64.9 Å². The lowest BCUT2D eigenvalue weighted by atomic mass is 10.3. The van der Waals surface area contributed by atoms with Gasteiger partial charge in [-0.3, -0.25) is 0 Å². The van der Waals surface area contributed by atoms with Crippen LogP contribution in [0.3, 0.4) is 0 Å². The molecule has 2 heterocycles. The van der Waals surface area contributed by atoms with Gasteiger partial charge in [0.15, 0.2) is 5.58 Å². The third-order valence-corrected chi connectivity index (χ3v) is 3.37. The molecule has 0 bridgehead atoms. The first-order valence-electron chi connectivity index (χ1n) is 5.48. The zero-order chi connectivity index (χ0) is 12.5. The molecule has 2 N–H and O–H groups in total. The van der Waals surface area contributed by atoms with E-state index in [-0.39, 0.29) is 0 Å². The summed E-state index contributed by atoms with van der Waals surface area (Å²) >= 11 is 1.37. The Kier molecular flexibility index (Phi) is 2.68. The summed E-state index contributed by atoms with van der Waals surface area (Å²) in [4.78, 5) is 8.66. The quantitative estimate of drug-likeness (QED) is 0.763. The lowest BCUT2D eigenvalue weighted by Gasteiger charge is -2.00. The molecule has 0 aliphatic heterocycles. The molecule has 2 aromatic heterocycles. The van der Waals surface area contributed by atoms with Gasteiger partial charge in [-0.25, -0.2) is 9.97 Å². The Bertz CT molecular complexity index is 675. The summed E-state index contributed by atoms with van der Waals surface area (Å²) < 4.78 is 5.61. The predicted octanol–water partition coefficient (Wildman–Crippen LogP) is 3.26. The van der Waals surface area contributed by atoms with Crippen LogP contribution < -0.4 is 5.73 Å². The zero-order valence-electron chi connectivity index (χ0n) is 9.75. The minimum absolute atomic E-state index is 0.576. The van der Waals surface area contributed by atoms with Gasteiger partial charge in [0.05, 0.1) is 0 Å². The summed E-state index contributed by atoms with van der Waals surface area (Å²) in [6, 6.07) is 9.49. The highest BCUT2D eigenvalue weighted by atomic mass is 32.2. The number of aryl methyl sites for hydroxylation is 1. The first-order valence-corrected chi connectivity index (χ1v) is 6.29. The second-order valence-corrected chi connectivity index (χ2v) is 4.90. The Morgan fingerprint density at radius 2 is 2.11 bits per heavy atom. The second kappa shape index (κ2) is 4.34. The average molecular weight is 257 g/mol. The van der Waals surface area contributed by atoms with Crippen LogP contribution >= 0.6 is 11.8 Å². The van der Waals surface area contributed by atoms with E-state index in [1.54, 1.807) is 6.20 Å². The van der Waals surface area contributed by atoms with Gasteiger partial charge in [-0.2, -0.15) is 0 Å². The molecule has 0 fully saturated rings. The lowest BCUT2D eigenvalue weighted by molar-refractivity contribution is 0.489. The second-order valence-electron chi connectivity index (χ2n) is 3.93. The molecule has 0 amide bonds. The zero-order valence-corrected chi connectivity index (χ0v) is 10.6. The lowest BCUT2D eigenvalue weighted by Crippen LogP contribution is -1.91. The van der Waals surface area contributed by atoms with Crippen molar-refractivity contribution < 1.29 is 4.42 Å². The summed E-state index contributed by atoms with van der Waals surface area (Å²) in [7, 11) is 0. The standard InChI is InChI=1S/C13H11N3OS/c1-8-7-15-12(6-9(8)14)18-13-16-10-4-2-3-5-11(10)17-13/h2-7H,1H3,(H2,14,15). The first-order chi connectivity index (χ1) is 8.72. The molecule has 0 saturated heterocycles. The molecule has 0 spiro atoms. The molecular formula is C13H11N3OS. The molecule has 18 heavy (non-hydrogen) atoms. The van der Waals surface area contributed by atoms with Crippen LogP contribution in [0.5, 0.6) is 0 Å². The van der Waals surface area contributed by atoms with Crippen LogP contribution in [0, 0.1) is 6.92 Å². The van der Waals surface area contributed by atoms with Crippen LogP contribution in [0.15, 0.2) is 51.2 Å². The Hall–Kier alpha value is -2.01. The van der Waals surface area contributed by atoms with Crippen LogP contribution in [-0.4, -0.2) is 9.97 Å². The molecule has 0 saturated carbocycles. The van der Waals surface area contributed by atoms with Gasteiger partial charge >= 0.3 is 0 Å². The van der Waals surface area contributed by atoms with E-state index in [1.807, 2.05) is 37.3 Å². The minimum Gasteiger partial charge on any atom is -0.431 e. The summed E-state index contributed by atoms with van der Waals surface area (Å²) in [5.74, 6) is 0. The molecule has 3 aromatic rings. The van der Waals surface area contributed by atoms with Gasteiger partial charge in [-0.15, -0.1) is 0 Å². The van der Waals surface area contributed by atoms with E-state index >= 15 is 0 Å². The van der Waals surface area contributed by atoms with Gasteiger partial charge in [-0.05, 0) is 42.4 Å². The number of nitrogens with two attached hydrogens (primary N) is 1. The van der Waals surface area contributed by atoms with Gasteiger partial charge in [0.1, 0.15) is 10.5 Å². The molecule has 90 valence electrons. The third-order valence-electron chi connectivity index (χ3n) is 2.59. The van der Waals surface area contributed by atoms with E-state index in [1.165, 1.54) is 11.8 Å². The predicted molar refractivity (Wildman–Crippen MR) is 71.5 cm³/mol. The number of nitrogens with zero attached hydrogens (tertiary/aromatic N) is 2. The van der Waals surface area contributed by atoms with E-state index < -0.39 is 0 Å². The monoisotopic (exact) mass is 257 g/mol. The highest BCUT2D eigenvalue weighted by Gasteiger charge is 2.08. The molecule has 5 heteroatoms. The number of rotatable bonds is 2. The highest BCUT2D eigenvalue weighted by Crippen LogP contribution is 2.29. The maximum absolute atomic E-state index is 5.85. The van der Waals surface area contributed by atoms with Crippen molar-refractivity contribution in [1.82, 2.24) is 9.97 Å². The van der Waals surface area contributed by atoms with Crippen molar-refractivity contribution in [3.8, 4) is 0 Å².